The molecule has 0 fully saturated rings. The highest BCUT2D eigenvalue weighted by atomic mass is 16.5. The van der Waals surface area contributed by atoms with Crippen LogP contribution in [-0.4, -0.2) is 24.0 Å². The van der Waals surface area contributed by atoms with Gasteiger partial charge in [0.2, 0.25) is 5.91 Å². The van der Waals surface area contributed by atoms with E-state index in [0.29, 0.717) is 11.3 Å². The summed E-state index contributed by atoms with van der Waals surface area (Å²) in [5.74, 6) is -0.991. The lowest BCUT2D eigenvalue weighted by Crippen LogP contribution is -2.04. The van der Waals surface area contributed by atoms with Crippen molar-refractivity contribution in [2.45, 2.75) is 0 Å². The third kappa shape index (κ3) is 2.48. The van der Waals surface area contributed by atoms with Gasteiger partial charge in [-0.05, 0) is 17.7 Å². The third-order valence-electron chi connectivity index (χ3n) is 1.55. The molecular weight excluding hydrogens is 184 g/mol. The van der Waals surface area contributed by atoms with E-state index in [-0.39, 0.29) is 0 Å². The topological polar surface area (TPSA) is 85.2 Å². The molecule has 0 atom stereocenters. The number of hydrogen-bond donors (Lipinski definition) is 2. The van der Waals surface area contributed by atoms with Crippen molar-refractivity contribution in [1.29, 1.82) is 0 Å². The number of aromatic amines is 1. The molecule has 1 rings (SSSR count). The zero-order chi connectivity index (χ0) is 10.6. The summed E-state index contributed by atoms with van der Waals surface area (Å²) in [6.45, 7) is 0. The number of ether oxygens (including phenoxy) is 1. The number of rotatable bonds is 3. The van der Waals surface area contributed by atoms with Gasteiger partial charge in [-0.2, -0.15) is 0 Å². The van der Waals surface area contributed by atoms with E-state index in [1.165, 1.54) is 19.3 Å². The Morgan fingerprint density at radius 1 is 1.57 bits per heavy atom. The van der Waals surface area contributed by atoms with E-state index in [9.17, 15) is 9.59 Å². The van der Waals surface area contributed by atoms with Gasteiger partial charge in [0.15, 0.2) is 0 Å². The molecule has 3 N–H and O–H groups in total. The lowest BCUT2D eigenvalue weighted by Gasteiger charge is -1.91. The lowest BCUT2D eigenvalue weighted by atomic mass is 10.3. The Morgan fingerprint density at radius 3 is 2.86 bits per heavy atom. The van der Waals surface area contributed by atoms with Crippen LogP contribution in [0.15, 0.2) is 18.3 Å². The quantitative estimate of drug-likeness (QED) is 0.536. The number of carbonyl (C=O) groups is 2. The molecule has 0 spiro atoms. The fourth-order valence-electron chi connectivity index (χ4n) is 0.913. The molecule has 0 bridgehead atoms. The first kappa shape index (κ1) is 10.0. The van der Waals surface area contributed by atoms with E-state index in [0.717, 1.165) is 0 Å². The summed E-state index contributed by atoms with van der Waals surface area (Å²) in [6, 6.07) is 1.56. The van der Waals surface area contributed by atoms with Crippen LogP contribution < -0.4 is 5.73 Å². The minimum absolute atomic E-state index is 0.330. The van der Waals surface area contributed by atoms with E-state index in [1.54, 1.807) is 12.3 Å². The Bertz CT molecular complexity index is 379. The number of hydrogen-bond acceptors (Lipinski definition) is 3. The van der Waals surface area contributed by atoms with E-state index in [2.05, 4.69) is 9.72 Å². The highest BCUT2D eigenvalue weighted by Gasteiger charge is 2.06. The van der Waals surface area contributed by atoms with E-state index in [4.69, 9.17) is 5.73 Å². The molecule has 0 aliphatic heterocycles. The molecule has 0 aromatic carbocycles. The number of aromatic nitrogens is 1. The second kappa shape index (κ2) is 4.27. The number of nitrogens with one attached hydrogen (secondary N) is 1. The number of nitrogens with two attached hydrogens (primary N) is 1. The Balaban J connectivity index is 2.78. The lowest BCUT2D eigenvalue weighted by molar-refractivity contribution is -0.113. The number of esters is 1. The molecule has 0 unspecified atom stereocenters. The first-order chi connectivity index (χ1) is 6.63. The van der Waals surface area contributed by atoms with E-state index < -0.39 is 11.9 Å². The SMILES string of the molecule is COC(=O)c1cc(C=CC(N)=O)c[nH]1. The molecule has 1 amide bonds. The third-order valence-corrected chi connectivity index (χ3v) is 1.55. The van der Waals surface area contributed by atoms with Gasteiger partial charge in [-0.3, -0.25) is 4.79 Å². The maximum atomic E-state index is 11.0. The van der Waals surface area contributed by atoms with Crippen LogP contribution in [-0.2, 0) is 9.53 Å². The fourth-order valence-corrected chi connectivity index (χ4v) is 0.913. The predicted octanol–water partition coefficient (Wildman–Crippen LogP) is 0.300. The molecular formula is C9H10N2O3. The predicted molar refractivity (Wildman–Crippen MR) is 50.4 cm³/mol. The minimum atomic E-state index is -0.536. The van der Waals surface area contributed by atoms with Gasteiger partial charge < -0.3 is 15.5 Å². The average Bonchev–Trinajstić information content (AvgIpc) is 2.62. The highest BCUT2D eigenvalue weighted by Crippen LogP contribution is 2.06. The van der Waals surface area contributed by atoms with Gasteiger partial charge >= 0.3 is 5.97 Å². The van der Waals surface area contributed by atoms with Gasteiger partial charge in [0.25, 0.3) is 0 Å². The van der Waals surface area contributed by atoms with Crippen LogP contribution in [0.25, 0.3) is 6.08 Å². The van der Waals surface area contributed by atoms with Crippen LogP contribution >= 0.6 is 0 Å². The Kier molecular flexibility index (Phi) is 3.06. The average molecular weight is 194 g/mol. The first-order valence-corrected chi connectivity index (χ1v) is 3.87. The monoisotopic (exact) mass is 194 g/mol. The Hall–Kier alpha value is -2.04. The van der Waals surface area contributed by atoms with Crippen molar-refractivity contribution in [3.8, 4) is 0 Å². The molecule has 1 aromatic rings. The highest BCUT2D eigenvalue weighted by molar-refractivity contribution is 5.91. The standard InChI is InChI=1S/C9H10N2O3/c1-14-9(13)7-4-6(5-11-7)2-3-8(10)12/h2-5,11H,1H3,(H2,10,12). The van der Waals surface area contributed by atoms with Gasteiger partial charge in [0, 0.05) is 12.3 Å². The molecule has 1 heterocycles. The van der Waals surface area contributed by atoms with Gasteiger partial charge in [-0.1, -0.05) is 0 Å². The molecule has 14 heavy (non-hydrogen) atoms. The largest absolute Gasteiger partial charge is 0.464 e. The number of methoxy groups -OCH3 is 1. The molecule has 74 valence electrons. The van der Waals surface area contributed by atoms with Crippen molar-refractivity contribution in [2.24, 2.45) is 5.73 Å². The van der Waals surface area contributed by atoms with Crippen molar-refractivity contribution >= 4 is 18.0 Å². The van der Waals surface area contributed by atoms with Gasteiger partial charge in [-0.25, -0.2) is 4.79 Å². The molecule has 0 saturated heterocycles. The Morgan fingerprint density at radius 2 is 2.29 bits per heavy atom. The second-order valence-corrected chi connectivity index (χ2v) is 2.57. The van der Waals surface area contributed by atoms with Gasteiger partial charge in [0.05, 0.1) is 7.11 Å². The zero-order valence-corrected chi connectivity index (χ0v) is 7.61. The summed E-state index contributed by atoms with van der Waals surface area (Å²) in [6.07, 6.45) is 4.29. The molecule has 0 radical (unpaired) electrons. The summed E-state index contributed by atoms with van der Waals surface area (Å²) in [4.78, 5) is 24.1. The van der Waals surface area contributed by atoms with Crippen LogP contribution in [0.4, 0.5) is 0 Å². The summed E-state index contributed by atoms with van der Waals surface area (Å²) < 4.78 is 4.49. The van der Waals surface area contributed by atoms with Crippen molar-refractivity contribution in [1.82, 2.24) is 4.98 Å². The molecule has 5 heteroatoms. The fraction of sp³-hybridized carbons (Fsp3) is 0.111. The van der Waals surface area contributed by atoms with Crippen LogP contribution in [0.3, 0.4) is 0 Å². The van der Waals surface area contributed by atoms with Crippen LogP contribution in [0, 0.1) is 0 Å². The molecule has 0 aliphatic rings. The molecule has 0 aliphatic carbocycles. The second-order valence-electron chi connectivity index (χ2n) is 2.57. The normalized spacial score (nSPS) is 10.4. The molecule has 5 nitrogen and oxygen atoms in total. The van der Waals surface area contributed by atoms with E-state index in [1.807, 2.05) is 0 Å². The number of primary amides is 1. The number of amides is 1. The minimum Gasteiger partial charge on any atom is -0.464 e. The summed E-state index contributed by atoms with van der Waals surface area (Å²) in [5.41, 5.74) is 5.92. The first-order valence-electron chi connectivity index (χ1n) is 3.87. The van der Waals surface area contributed by atoms with Gasteiger partial charge in [0.1, 0.15) is 5.69 Å². The smallest absolute Gasteiger partial charge is 0.354 e. The summed E-state index contributed by atoms with van der Waals surface area (Å²) in [7, 11) is 1.29. The van der Waals surface area contributed by atoms with Crippen LogP contribution in [0.2, 0.25) is 0 Å². The maximum absolute atomic E-state index is 11.0. The zero-order valence-electron chi connectivity index (χ0n) is 7.61. The Labute approximate surface area is 80.6 Å². The molecule has 0 saturated carbocycles. The van der Waals surface area contributed by atoms with Crippen LogP contribution in [0.5, 0.6) is 0 Å². The van der Waals surface area contributed by atoms with Crippen molar-refractivity contribution in [3.63, 3.8) is 0 Å². The number of carbonyl (C=O) groups excluding carboxylic acids is 2. The summed E-state index contributed by atoms with van der Waals surface area (Å²) in [5, 5.41) is 0. The van der Waals surface area contributed by atoms with Gasteiger partial charge in [-0.15, -0.1) is 0 Å². The van der Waals surface area contributed by atoms with Crippen molar-refractivity contribution < 1.29 is 14.3 Å². The molecule has 1 aromatic heterocycles. The van der Waals surface area contributed by atoms with Crippen LogP contribution in [0.1, 0.15) is 16.1 Å². The van der Waals surface area contributed by atoms with Crippen molar-refractivity contribution in [3.05, 3.63) is 29.6 Å². The maximum Gasteiger partial charge on any atom is 0.354 e. The number of H-pyrrole nitrogens is 1. The van der Waals surface area contributed by atoms with E-state index >= 15 is 0 Å². The van der Waals surface area contributed by atoms with Crippen molar-refractivity contribution in [2.75, 3.05) is 7.11 Å². The summed E-state index contributed by atoms with van der Waals surface area (Å²) >= 11 is 0.